The molecule has 1 aliphatic rings. The van der Waals surface area contributed by atoms with Crippen molar-refractivity contribution >= 4 is 50.0 Å². The Balaban J connectivity index is 1.45. The quantitative estimate of drug-likeness (QED) is 0.604. The van der Waals surface area contributed by atoms with Crippen LogP contribution in [-0.4, -0.2) is 48.8 Å². The number of aromatic nitrogens is 1. The molecule has 29 heavy (non-hydrogen) atoms. The number of hydrogen-bond donors (Lipinski definition) is 1. The van der Waals surface area contributed by atoms with Crippen molar-refractivity contribution in [2.24, 2.45) is 0 Å². The van der Waals surface area contributed by atoms with Crippen molar-refractivity contribution in [2.45, 2.75) is 16.6 Å². The van der Waals surface area contributed by atoms with Gasteiger partial charge in [0, 0.05) is 40.1 Å². The molecule has 0 spiro atoms. The smallest absolute Gasteiger partial charge is 0.232 e. The Morgan fingerprint density at radius 3 is 2.72 bits per heavy atom. The van der Waals surface area contributed by atoms with Crippen molar-refractivity contribution < 1.29 is 13.2 Å². The lowest BCUT2D eigenvalue weighted by atomic mass is 10.1. The Bertz CT molecular complexity index is 1140. The number of nitrogens with zero attached hydrogens (tertiary/aromatic N) is 1. The highest BCUT2D eigenvalue weighted by Crippen LogP contribution is 2.34. The van der Waals surface area contributed by atoms with Crippen molar-refractivity contribution in [2.75, 3.05) is 24.6 Å². The molecule has 1 N–H and O–H groups in total. The minimum atomic E-state index is -3.38. The second kappa shape index (κ2) is 8.42. The minimum absolute atomic E-state index is 0.0460. The van der Waals surface area contributed by atoms with Gasteiger partial charge in [-0.25, -0.2) is 8.42 Å². The van der Waals surface area contributed by atoms with Gasteiger partial charge in [-0.05, 0) is 24.1 Å². The second-order valence-corrected chi connectivity index (χ2v) is 10.8. The maximum Gasteiger partial charge on any atom is 0.232 e. The first-order chi connectivity index (χ1) is 14.0. The van der Waals surface area contributed by atoms with E-state index in [4.69, 9.17) is 11.6 Å². The molecule has 1 atom stereocenters. The number of H-pyrrole nitrogens is 1. The lowest BCUT2D eigenvalue weighted by Gasteiger charge is -2.20. The van der Waals surface area contributed by atoms with Gasteiger partial charge in [0.15, 0.2) is 9.84 Å². The number of halogens is 1. The molecule has 0 bridgehead atoms. The van der Waals surface area contributed by atoms with Crippen LogP contribution in [0.1, 0.15) is 17.2 Å². The highest BCUT2D eigenvalue weighted by atomic mass is 35.5. The molecule has 1 aromatic heterocycles. The molecule has 0 saturated carbocycles. The van der Waals surface area contributed by atoms with Crippen molar-refractivity contribution in [3.8, 4) is 0 Å². The van der Waals surface area contributed by atoms with Gasteiger partial charge in [0.2, 0.25) is 5.91 Å². The fourth-order valence-electron chi connectivity index (χ4n) is 3.67. The molecule has 2 aromatic carbocycles. The average Bonchev–Trinajstić information content (AvgIpc) is 3.05. The summed E-state index contributed by atoms with van der Waals surface area (Å²) in [4.78, 5) is 18.7. The van der Waals surface area contributed by atoms with Crippen molar-refractivity contribution in [1.82, 2.24) is 9.88 Å². The Morgan fingerprint density at radius 2 is 1.90 bits per heavy atom. The topological polar surface area (TPSA) is 70.2 Å². The molecule has 0 aliphatic carbocycles. The standard InChI is InChI=1S/C21H21ClN2O3S2/c22-17-7-3-1-5-15(17)20-9-10-24(11-12-29(20,26)27)21(25)14-28-19-13-23-18-8-4-2-6-16(18)19/h1-8,13,20,23H,9-12,14H2. The number of amides is 1. The molecular formula is C21H21ClN2O3S2. The molecule has 1 unspecified atom stereocenters. The van der Waals surface area contributed by atoms with Gasteiger partial charge in [-0.15, -0.1) is 11.8 Å². The van der Waals surface area contributed by atoms with E-state index in [9.17, 15) is 13.2 Å². The zero-order chi connectivity index (χ0) is 20.4. The van der Waals surface area contributed by atoms with Gasteiger partial charge in [0.1, 0.15) is 0 Å². The Kier molecular flexibility index (Phi) is 5.90. The van der Waals surface area contributed by atoms with Gasteiger partial charge < -0.3 is 9.88 Å². The third-order valence-corrected chi connectivity index (χ3v) is 8.74. The normalized spacial score (nSPS) is 19.2. The number of benzene rings is 2. The van der Waals surface area contributed by atoms with Crippen LogP contribution in [-0.2, 0) is 14.6 Å². The van der Waals surface area contributed by atoms with Gasteiger partial charge in [-0.2, -0.15) is 0 Å². The van der Waals surface area contributed by atoms with Crippen molar-refractivity contribution in [3.63, 3.8) is 0 Å². The monoisotopic (exact) mass is 448 g/mol. The Morgan fingerprint density at radius 1 is 1.14 bits per heavy atom. The predicted octanol–water partition coefficient (Wildman–Crippen LogP) is 4.30. The molecule has 1 saturated heterocycles. The maximum absolute atomic E-state index is 12.8. The predicted molar refractivity (Wildman–Crippen MR) is 118 cm³/mol. The van der Waals surface area contributed by atoms with Crippen molar-refractivity contribution in [1.29, 1.82) is 0 Å². The lowest BCUT2D eigenvalue weighted by Crippen LogP contribution is -2.34. The van der Waals surface area contributed by atoms with Gasteiger partial charge in [-0.1, -0.05) is 48.0 Å². The summed E-state index contributed by atoms with van der Waals surface area (Å²) in [5.74, 6) is 0.181. The number of sulfone groups is 1. The van der Waals surface area contributed by atoms with Crippen LogP contribution in [0.3, 0.4) is 0 Å². The molecule has 8 heteroatoms. The SMILES string of the molecule is O=C(CSc1c[nH]c2ccccc12)N1CCC(c2ccccc2Cl)S(=O)(=O)CC1. The summed E-state index contributed by atoms with van der Waals surface area (Å²) in [6.45, 7) is 0.624. The third-order valence-electron chi connectivity index (χ3n) is 5.25. The molecule has 2 heterocycles. The van der Waals surface area contributed by atoms with Crippen LogP contribution in [0, 0.1) is 0 Å². The molecule has 0 radical (unpaired) electrons. The number of thioether (sulfide) groups is 1. The number of nitrogens with one attached hydrogen (secondary N) is 1. The molecular weight excluding hydrogens is 428 g/mol. The van der Waals surface area contributed by atoms with Gasteiger partial charge >= 0.3 is 0 Å². The van der Waals surface area contributed by atoms with Gasteiger partial charge in [-0.3, -0.25) is 4.79 Å². The molecule has 3 aromatic rings. The van der Waals surface area contributed by atoms with E-state index in [2.05, 4.69) is 4.98 Å². The molecule has 1 amide bonds. The molecule has 5 nitrogen and oxygen atoms in total. The highest BCUT2D eigenvalue weighted by Gasteiger charge is 2.33. The first-order valence-corrected chi connectivity index (χ1v) is 12.5. The number of carbonyl (C=O) groups excluding carboxylic acids is 1. The first kappa shape index (κ1) is 20.3. The second-order valence-electron chi connectivity index (χ2n) is 7.03. The largest absolute Gasteiger partial charge is 0.360 e. The zero-order valence-electron chi connectivity index (χ0n) is 15.7. The summed E-state index contributed by atoms with van der Waals surface area (Å²) in [7, 11) is -3.38. The summed E-state index contributed by atoms with van der Waals surface area (Å²) in [6.07, 6.45) is 2.26. The van der Waals surface area contributed by atoms with E-state index >= 15 is 0 Å². The number of aromatic amines is 1. The van der Waals surface area contributed by atoms with Crippen molar-refractivity contribution in [3.05, 3.63) is 65.3 Å². The molecule has 152 valence electrons. The summed E-state index contributed by atoms with van der Waals surface area (Å²) in [5.41, 5.74) is 1.66. The number of fused-ring (bicyclic) bond motifs is 1. The van der Waals surface area contributed by atoms with E-state index in [1.807, 2.05) is 30.5 Å². The number of carbonyl (C=O) groups is 1. The summed E-state index contributed by atoms with van der Waals surface area (Å²) in [5, 5.41) is 0.869. The summed E-state index contributed by atoms with van der Waals surface area (Å²) < 4.78 is 25.6. The number of rotatable bonds is 4. The van der Waals surface area contributed by atoms with Gasteiger partial charge in [0.25, 0.3) is 0 Å². The van der Waals surface area contributed by atoms with E-state index in [-0.39, 0.29) is 24.0 Å². The number of hydrogen-bond acceptors (Lipinski definition) is 4. The fourth-order valence-corrected chi connectivity index (χ4v) is 6.76. The molecule has 1 fully saturated rings. The van der Waals surface area contributed by atoms with Crippen LogP contribution in [0.2, 0.25) is 5.02 Å². The average molecular weight is 449 g/mol. The van der Waals surface area contributed by atoms with Crippen LogP contribution in [0.4, 0.5) is 0 Å². The summed E-state index contributed by atoms with van der Waals surface area (Å²) >= 11 is 7.71. The maximum atomic E-state index is 12.8. The molecule has 1 aliphatic heterocycles. The van der Waals surface area contributed by atoms with Crippen LogP contribution in [0.25, 0.3) is 10.9 Å². The number of para-hydroxylation sites is 1. The lowest BCUT2D eigenvalue weighted by molar-refractivity contribution is -0.128. The van der Waals surface area contributed by atoms with Crippen LogP contribution < -0.4 is 0 Å². The van der Waals surface area contributed by atoms with E-state index in [0.717, 1.165) is 15.8 Å². The van der Waals surface area contributed by atoms with Crippen LogP contribution >= 0.6 is 23.4 Å². The van der Waals surface area contributed by atoms with Gasteiger partial charge in [0.05, 0.1) is 16.8 Å². The van der Waals surface area contributed by atoms with E-state index in [0.29, 0.717) is 23.6 Å². The highest BCUT2D eigenvalue weighted by molar-refractivity contribution is 8.00. The Labute approximate surface area is 179 Å². The summed E-state index contributed by atoms with van der Waals surface area (Å²) in [6, 6.07) is 15.0. The van der Waals surface area contributed by atoms with Crippen LogP contribution in [0.5, 0.6) is 0 Å². The van der Waals surface area contributed by atoms with E-state index in [1.165, 1.54) is 11.8 Å². The minimum Gasteiger partial charge on any atom is -0.360 e. The van der Waals surface area contributed by atoms with E-state index < -0.39 is 15.1 Å². The Hall–Kier alpha value is -1.96. The molecule has 4 rings (SSSR count). The van der Waals surface area contributed by atoms with Crippen LogP contribution in [0.15, 0.2) is 59.6 Å². The van der Waals surface area contributed by atoms with E-state index in [1.54, 1.807) is 29.2 Å². The zero-order valence-corrected chi connectivity index (χ0v) is 18.1. The fraction of sp³-hybridized carbons (Fsp3) is 0.286. The first-order valence-electron chi connectivity index (χ1n) is 9.38. The third kappa shape index (κ3) is 4.32.